The van der Waals surface area contributed by atoms with Crippen LogP contribution in [-0.2, 0) is 16.1 Å². The third kappa shape index (κ3) is 3.95. The molecule has 10 heteroatoms. The second kappa shape index (κ2) is 6.32. The summed E-state index contributed by atoms with van der Waals surface area (Å²) in [6, 6.07) is -2.21. The van der Waals surface area contributed by atoms with E-state index < -0.39 is 30.0 Å². The molecule has 0 aromatic carbocycles. The first-order chi connectivity index (χ1) is 10.3. The molecule has 2 rings (SSSR count). The lowest BCUT2D eigenvalue weighted by Gasteiger charge is -2.30. The van der Waals surface area contributed by atoms with Gasteiger partial charge >= 0.3 is 6.18 Å². The number of alkyl halides is 3. The summed E-state index contributed by atoms with van der Waals surface area (Å²) in [7, 11) is 0. The zero-order chi connectivity index (χ0) is 16.3. The van der Waals surface area contributed by atoms with Crippen molar-refractivity contribution in [2.24, 2.45) is 5.92 Å². The highest BCUT2D eigenvalue weighted by atomic mass is 19.4. The van der Waals surface area contributed by atoms with Gasteiger partial charge in [-0.15, -0.1) is 0 Å². The van der Waals surface area contributed by atoms with Crippen LogP contribution in [0.1, 0.15) is 19.8 Å². The molecular weight excluding hydrogens is 303 g/mol. The standard InChI is InChI=1S/C12H16F3N5O2/c1-7(4-20-6-16-5-17-20)18-10(21)8-2-3-9(12(13,14)15)19-11(8)22/h5-9H,2-4H2,1H3,(H,18,21)(H,19,22). The molecule has 0 radical (unpaired) electrons. The first-order valence-corrected chi connectivity index (χ1v) is 6.77. The highest BCUT2D eigenvalue weighted by molar-refractivity contribution is 6.01. The number of nitrogens with zero attached hydrogens (tertiary/aromatic N) is 3. The van der Waals surface area contributed by atoms with Crippen LogP contribution in [0.5, 0.6) is 0 Å². The monoisotopic (exact) mass is 319 g/mol. The Kier molecular flexibility index (Phi) is 4.67. The second-order valence-electron chi connectivity index (χ2n) is 5.26. The van der Waals surface area contributed by atoms with Crippen LogP contribution in [0.4, 0.5) is 13.2 Å². The molecular formula is C12H16F3N5O2. The Balaban J connectivity index is 1.87. The van der Waals surface area contributed by atoms with Crippen molar-refractivity contribution in [2.75, 3.05) is 0 Å². The van der Waals surface area contributed by atoms with Crippen molar-refractivity contribution in [3.63, 3.8) is 0 Å². The number of carbonyl (C=O) groups excluding carboxylic acids is 2. The Morgan fingerprint density at radius 3 is 2.82 bits per heavy atom. The van der Waals surface area contributed by atoms with Crippen molar-refractivity contribution < 1.29 is 22.8 Å². The van der Waals surface area contributed by atoms with E-state index in [1.165, 1.54) is 17.3 Å². The fraction of sp³-hybridized carbons (Fsp3) is 0.667. The third-order valence-corrected chi connectivity index (χ3v) is 3.40. The van der Waals surface area contributed by atoms with E-state index >= 15 is 0 Å². The van der Waals surface area contributed by atoms with Gasteiger partial charge in [-0.2, -0.15) is 18.3 Å². The molecule has 1 aromatic heterocycles. The minimum absolute atomic E-state index is 0.127. The van der Waals surface area contributed by atoms with E-state index in [1.807, 2.05) is 5.32 Å². The van der Waals surface area contributed by atoms with Crippen molar-refractivity contribution in [1.29, 1.82) is 0 Å². The maximum Gasteiger partial charge on any atom is 0.408 e. The van der Waals surface area contributed by atoms with Gasteiger partial charge in [-0.3, -0.25) is 14.3 Å². The average molecular weight is 319 g/mol. The van der Waals surface area contributed by atoms with Gasteiger partial charge in [-0.05, 0) is 19.8 Å². The smallest absolute Gasteiger partial charge is 0.351 e. The van der Waals surface area contributed by atoms with E-state index in [0.29, 0.717) is 6.54 Å². The summed E-state index contributed by atoms with van der Waals surface area (Å²) in [4.78, 5) is 27.5. The molecule has 2 N–H and O–H groups in total. The van der Waals surface area contributed by atoms with Crippen LogP contribution in [0.25, 0.3) is 0 Å². The van der Waals surface area contributed by atoms with E-state index in [1.54, 1.807) is 6.92 Å². The Bertz CT molecular complexity index is 531. The Labute approximate surface area is 124 Å². The van der Waals surface area contributed by atoms with Gasteiger partial charge in [0, 0.05) is 6.04 Å². The number of piperidine rings is 1. The van der Waals surface area contributed by atoms with Gasteiger partial charge in [0.1, 0.15) is 24.6 Å². The molecule has 1 fully saturated rings. The molecule has 1 aliphatic rings. The molecule has 0 spiro atoms. The molecule has 22 heavy (non-hydrogen) atoms. The van der Waals surface area contributed by atoms with Crippen LogP contribution in [0, 0.1) is 5.92 Å². The van der Waals surface area contributed by atoms with E-state index in [4.69, 9.17) is 0 Å². The molecule has 7 nitrogen and oxygen atoms in total. The van der Waals surface area contributed by atoms with Crippen molar-refractivity contribution in [1.82, 2.24) is 25.4 Å². The number of carbonyl (C=O) groups is 2. The minimum atomic E-state index is -4.49. The van der Waals surface area contributed by atoms with Crippen molar-refractivity contribution in [2.45, 2.75) is 44.6 Å². The van der Waals surface area contributed by atoms with Gasteiger partial charge in [0.25, 0.3) is 0 Å². The van der Waals surface area contributed by atoms with Gasteiger partial charge in [0.15, 0.2) is 0 Å². The van der Waals surface area contributed by atoms with E-state index in [-0.39, 0.29) is 18.9 Å². The summed E-state index contributed by atoms with van der Waals surface area (Å²) in [5.41, 5.74) is 0. The normalized spacial score (nSPS) is 23.7. The van der Waals surface area contributed by atoms with Gasteiger partial charge < -0.3 is 10.6 Å². The van der Waals surface area contributed by atoms with Gasteiger partial charge in [0.2, 0.25) is 11.8 Å². The molecule has 0 aliphatic carbocycles. The van der Waals surface area contributed by atoms with Crippen molar-refractivity contribution in [3.05, 3.63) is 12.7 Å². The number of hydrogen-bond acceptors (Lipinski definition) is 4. The number of aromatic nitrogens is 3. The predicted molar refractivity (Wildman–Crippen MR) is 68.3 cm³/mol. The summed E-state index contributed by atoms with van der Waals surface area (Å²) in [6.45, 7) is 2.06. The quantitative estimate of drug-likeness (QED) is 0.778. The lowest BCUT2D eigenvalue weighted by molar-refractivity contribution is -0.171. The number of nitrogens with one attached hydrogen (secondary N) is 2. The number of amides is 2. The summed E-state index contributed by atoms with van der Waals surface area (Å²) >= 11 is 0. The summed E-state index contributed by atoms with van der Waals surface area (Å²) in [5, 5.41) is 8.33. The van der Waals surface area contributed by atoms with E-state index in [0.717, 1.165) is 0 Å². The van der Waals surface area contributed by atoms with Gasteiger partial charge in [-0.1, -0.05) is 0 Å². The molecule has 0 saturated carbocycles. The van der Waals surface area contributed by atoms with Crippen LogP contribution >= 0.6 is 0 Å². The lowest BCUT2D eigenvalue weighted by Crippen LogP contribution is -2.55. The van der Waals surface area contributed by atoms with E-state index in [9.17, 15) is 22.8 Å². The minimum Gasteiger partial charge on any atom is -0.351 e. The molecule has 1 aliphatic heterocycles. The lowest BCUT2D eigenvalue weighted by atomic mass is 9.92. The maximum absolute atomic E-state index is 12.5. The van der Waals surface area contributed by atoms with E-state index in [2.05, 4.69) is 15.4 Å². The predicted octanol–water partition coefficient (Wildman–Crippen LogP) is 0.240. The van der Waals surface area contributed by atoms with Crippen molar-refractivity contribution in [3.8, 4) is 0 Å². The molecule has 2 heterocycles. The zero-order valence-electron chi connectivity index (χ0n) is 11.8. The largest absolute Gasteiger partial charge is 0.408 e. The Morgan fingerprint density at radius 2 is 2.27 bits per heavy atom. The number of hydrogen-bond donors (Lipinski definition) is 2. The first kappa shape index (κ1) is 16.2. The summed E-state index contributed by atoms with van der Waals surface area (Å²) in [5.74, 6) is -2.57. The summed E-state index contributed by atoms with van der Waals surface area (Å²) < 4.78 is 39.1. The molecule has 3 unspecified atom stereocenters. The molecule has 0 bridgehead atoms. The van der Waals surface area contributed by atoms with Crippen LogP contribution in [0.15, 0.2) is 12.7 Å². The van der Waals surface area contributed by atoms with Gasteiger partial charge in [0.05, 0.1) is 6.54 Å². The number of rotatable bonds is 4. The van der Waals surface area contributed by atoms with Crippen LogP contribution in [0.2, 0.25) is 0 Å². The number of halogens is 3. The fourth-order valence-corrected chi connectivity index (χ4v) is 2.30. The molecule has 1 saturated heterocycles. The zero-order valence-corrected chi connectivity index (χ0v) is 11.8. The molecule has 122 valence electrons. The van der Waals surface area contributed by atoms with Crippen LogP contribution in [0.3, 0.4) is 0 Å². The third-order valence-electron chi connectivity index (χ3n) is 3.40. The van der Waals surface area contributed by atoms with Crippen LogP contribution in [-0.4, -0.2) is 44.8 Å². The van der Waals surface area contributed by atoms with Crippen molar-refractivity contribution >= 4 is 11.8 Å². The highest BCUT2D eigenvalue weighted by Gasteiger charge is 2.45. The second-order valence-corrected chi connectivity index (χ2v) is 5.26. The summed E-state index contributed by atoms with van der Waals surface area (Å²) in [6.07, 6.45) is -2.09. The molecule has 1 aromatic rings. The average Bonchev–Trinajstić information content (AvgIpc) is 2.89. The SMILES string of the molecule is CC(Cn1cncn1)NC(=O)C1CCC(C(F)(F)F)NC1=O. The maximum atomic E-state index is 12.5. The Hall–Kier alpha value is -2.13. The Morgan fingerprint density at radius 1 is 1.55 bits per heavy atom. The first-order valence-electron chi connectivity index (χ1n) is 6.77. The highest BCUT2D eigenvalue weighted by Crippen LogP contribution is 2.28. The topological polar surface area (TPSA) is 88.9 Å². The molecule has 2 amide bonds. The van der Waals surface area contributed by atoms with Gasteiger partial charge in [-0.25, -0.2) is 4.98 Å². The fourth-order valence-electron chi connectivity index (χ4n) is 2.30. The molecule has 3 atom stereocenters. The van der Waals surface area contributed by atoms with Crippen LogP contribution < -0.4 is 10.6 Å².